The molecule has 2 atom stereocenters. The normalized spacial score (nSPS) is 23.0. The molecule has 8 nitrogen and oxygen atoms in total. The van der Waals surface area contributed by atoms with Crippen molar-refractivity contribution in [1.29, 1.82) is 0 Å². The molecule has 1 aromatic carbocycles. The Morgan fingerprint density at radius 3 is 2.68 bits per heavy atom. The lowest BCUT2D eigenvalue weighted by Crippen LogP contribution is -2.56. The zero-order chi connectivity index (χ0) is 20.1. The van der Waals surface area contributed by atoms with Crippen molar-refractivity contribution in [2.24, 2.45) is 0 Å². The first-order chi connectivity index (χ1) is 13.5. The molecule has 2 aliphatic heterocycles. The van der Waals surface area contributed by atoms with Gasteiger partial charge in [-0.05, 0) is 25.8 Å². The molecule has 152 valence electrons. The summed E-state index contributed by atoms with van der Waals surface area (Å²) < 4.78 is 10.7. The molecule has 8 heteroatoms. The first-order valence-electron chi connectivity index (χ1n) is 9.66. The van der Waals surface area contributed by atoms with Gasteiger partial charge in [0, 0.05) is 25.7 Å². The van der Waals surface area contributed by atoms with Gasteiger partial charge in [0.2, 0.25) is 5.91 Å². The minimum atomic E-state index is -0.809. The highest BCUT2D eigenvalue weighted by Crippen LogP contribution is 2.32. The topological polar surface area (TPSA) is 88.2 Å². The molecule has 0 spiro atoms. The van der Waals surface area contributed by atoms with E-state index in [2.05, 4.69) is 5.32 Å². The van der Waals surface area contributed by atoms with Crippen LogP contribution in [0.15, 0.2) is 30.3 Å². The molecule has 3 rings (SSSR count). The Morgan fingerprint density at radius 1 is 1.25 bits per heavy atom. The number of carbonyl (C=O) groups is 3. The molecule has 1 N–H and O–H groups in total. The molecule has 2 saturated heterocycles. The van der Waals surface area contributed by atoms with Gasteiger partial charge in [-0.3, -0.25) is 9.59 Å². The van der Waals surface area contributed by atoms with E-state index < -0.39 is 12.1 Å². The summed E-state index contributed by atoms with van der Waals surface area (Å²) in [5.41, 5.74) is 0.851. The molecule has 0 radical (unpaired) electrons. The maximum absolute atomic E-state index is 12.9. The van der Waals surface area contributed by atoms with E-state index >= 15 is 0 Å². The smallest absolute Gasteiger partial charge is 0.409 e. The number of nitrogens with one attached hydrogen (secondary N) is 1. The number of carbonyl (C=O) groups excluding carboxylic acids is 3. The second-order valence-electron chi connectivity index (χ2n) is 7.23. The highest BCUT2D eigenvalue weighted by Gasteiger charge is 2.42. The molecular formula is C20H27N3O5. The first kappa shape index (κ1) is 20.1. The van der Waals surface area contributed by atoms with Gasteiger partial charge in [-0.2, -0.15) is 0 Å². The SMILES string of the molecule is CC(C)N1C(=O)CO[C@H](C(=O)NCCN2CCCOC2=O)[C@H]1c1ccccc1. The van der Waals surface area contributed by atoms with Gasteiger partial charge in [0.1, 0.15) is 6.61 Å². The molecular weight excluding hydrogens is 362 g/mol. The van der Waals surface area contributed by atoms with E-state index in [1.54, 1.807) is 9.80 Å². The lowest BCUT2D eigenvalue weighted by atomic mass is 9.96. The van der Waals surface area contributed by atoms with Gasteiger partial charge in [0.15, 0.2) is 6.10 Å². The number of hydrogen-bond donors (Lipinski definition) is 1. The van der Waals surface area contributed by atoms with Crippen LogP contribution in [0.4, 0.5) is 4.79 Å². The highest BCUT2D eigenvalue weighted by molar-refractivity contribution is 5.86. The number of benzene rings is 1. The molecule has 0 aromatic heterocycles. The number of nitrogens with zero attached hydrogens (tertiary/aromatic N) is 2. The quantitative estimate of drug-likeness (QED) is 0.793. The number of rotatable bonds is 6. The van der Waals surface area contributed by atoms with E-state index in [1.165, 1.54) is 0 Å². The Kier molecular flexibility index (Phi) is 6.51. The fraction of sp³-hybridized carbons (Fsp3) is 0.550. The molecule has 0 bridgehead atoms. The summed E-state index contributed by atoms with van der Waals surface area (Å²) in [6.45, 7) is 5.46. The van der Waals surface area contributed by atoms with E-state index in [1.807, 2.05) is 44.2 Å². The van der Waals surface area contributed by atoms with Crippen LogP contribution < -0.4 is 5.32 Å². The van der Waals surface area contributed by atoms with Crippen molar-refractivity contribution in [3.05, 3.63) is 35.9 Å². The largest absolute Gasteiger partial charge is 0.449 e. The van der Waals surface area contributed by atoms with Crippen molar-refractivity contribution < 1.29 is 23.9 Å². The third-order valence-corrected chi connectivity index (χ3v) is 4.95. The summed E-state index contributed by atoms with van der Waals surface area (Å²) in [5, 5.41) is 2.84. The zero-order valence-electron chi connectivity index (χ0n) is 16.3. The van der Waals surface area contributed by atoms with Gasteiger partial charge in [-0.25, -0.2) is 4.79 Å². The maximum atomic E-state index is 12.9. The van der Waals surface area contributed by atoms with Crippen LogP contribution in [0.3, 0.4) is 0 Å². The van der Waals surface area contributed by atoms with Crippen molar-refractivity contribution >= 4 is 17.9 Å². The van der Waals surface area contributed by atoms with Crippen molar-refractivity contribution in [2.45, 2.75) is 38.5 Å². The summed E-state index contributed by atoms with van der Waals surface area (Å²) >= 11 is 0. The lowest BCUT2D eigenvalue weighted by Gasteiger charge is -2.42. The van der Waals surface area contributed by atoms with Crippen molar-refractivity contribution in [2.75, 3.05) is 32.8 Å². The van der Waals surface area contributed by atoms with Crippen LogP contribution in [0.5, 0.6) is 0 Å². The van der Waals surface area contributed by atoms with Crippen LogP contribution in [-0.4, -0.2) is 72.7 Å². The van der Waals surface area contributed by atoms with E-state index in [-0.39, 0.29) is 30.6 Å². The van der Waals surface area contributed by atoms with Crippen LogP contribution in [0, 0.1) is 0 Å². The minimum absolute atomic E-state index is 0.0694. The van der Waals surface area contributed by atoms with Gasteiger partial charge < -0.3 is 24.6 Å². The Balaban J connectivity index is 1.69. The monoisotopic (exact) mass is 389 g/mol. The second kappa shape index (κ2) is 9.05. The fourth-order valence-corrected chi connectivity index (χ4v) is 3.66. The third-order valence-electron chi connectivity index (χ3n) is 4.95. The van der Waals surface area contributed by atoms with Crippen LogP contribution in [0.2, 0.25) is 0 Å². The summed E-state index contributed by atoms with van der Waals surface area (Å²) in [7, 11) is 0. The molecule has 3 amide bonds. The summed E-state index contributed by atoms with van der Waals surface area (Å²) in [4.78, 5) is 40.3. The van der Waals surface area contributed by atoms with E-state index in [9.17, 15) is 14.4 Å². The Labute approximate surface area is 164 Å². The number of hydrogen-bond acceptors (Lipinski definition) is 5. The van der Waals surface area contributed by atoms with Crippen LogP contribution in [0.25, 0.3) is 0 Å². The van der Waals surface area contributed by atoms with Crippen LogP contribution in [0.1, 0.15) is 31.9 Å². The van der Waals surface area contributed by atoms with Gasteiger partial charge >= 0.3 is 6.09 Å². The first-order valence-corrected chi connectivity index (χ1v) is 9.66. The van der Waals surface area contributed by atoms with Gasteiger partial charge in [-0.1, -0.05) is 30.3 Å². The predicted molar refractivity (Wildman–Crippen MR) is 101 cm³/mol. The highest BCUT2D eigenvalue weighted by atomic mass is 16.6. The second-order valence-corrected chi connectivity index (χ2v) is 7.23. The molecule has 28 heavy (non-hydrogen) atoms. The molecule has 0 unspecified atom stereocenters. The van der Waals surface area contributed by atoms with Crippen molar-refractivity contribution in [3.63, 3.8) is 0 Å². The molecule has 0 aliphatic carbocycles. The molecule has 2 heterocycles. The molecule has 0 saturated carbocycles. The van der Waals surface area contributed by atoms with E-state index in [4.69, 9.17) is 9.47 Å². The van der Waals surface area contributed by atoms with Crippen molar-refractivity contribution in [3.8, 4) is 0 Å². The number of amides is 3. The predicted octanol–water partition coefficient (Wildman–Crippen LogP) is 1.32. The number of cyclic esters (lactones) is 1. The Hall–Kier alpha value is -2.61. The summed E-state index contributed by atoms with van der Waals surface area (Å²) in [6, 6.07) is 8.87. The fourth-order valence-electron chi connectivity index (χ4n) is 3.66. The Morgan fingerprint density at radius 2 is 2.00 bits per heavy atom. The standard InChI is InChI=1S/C20H27N3O5/c1-14(2)23-16(24)13-28-18(17(23)15-7-4-3-5-8-15)19(25)21-9-11-22-10-6-12-27-20(22)26/h3-5,7-8,14,17-18H,6,9-13H2,1-2H3,(H,21,25)/t17-,18+/m1/s1. The number of ether oxygens (including phenoxy) is 2. The molecule has 1 aromatic rings. The van der Waals surface area contributed by atoms with E-state index in [0.29, 0.717) is 26.2 Å². The summed E-state index contributed by atoms with van der Waals surface area (Å²) in [6.07, 6.45) is -0.378. The van der Waals surface area contributed by atoms with Crippen LogP contribution >= 0.6 is 0 Å². The average molecular weight is 389 g/mol. The minimum Gasteiger partial charge on any atom is -0.449 e. The molecule has 2 fully saturated rings. The maximum Gasteiger partial charge on any atom is 0.409 e. The van der Waals surface area contributed by atoms with E-state index in [0.717, 1.165) is 12.0 Å². The third kappa shape index (κ3) is 4.44. The summed E-state index contributed by atoms with van der Waals surface area (Å²) in [5.74, 6) is -0.429. The zero-order valence-corrected chi connectivity index (χ0v) is 16.3. The Bertz CT molecular complexity index is 709. The van der Waals surface area contributed by atoms with Crippen LogP contribution in [-0.2, 0) is 19.1 Å². The lowest BCUT2D eigenvalue weighted by molar-refractivity contribution is -0.167. The van der Waals surface area contributed by atoms with Gasteiger partial charge in [0.05, 0.1) is 12.6 Å². The van der Waals surface area contributed by atoms with Gasteiger partial charge in [-0.15, -0.1) is 0 Å². The molecule has 2 aliphatic rings. The van der Waals surface area contributed by atoms with Gasteiger partial charge in [0.25, 0.3) is 5.91 Å². The number of morpholine rings is 1. The average Bonchev–Trinajstić information content (AvgIpc) is 2.69. The van der Waals surface area contributed by atoms with Crippen molar-refractivity contribution in [1.82, 2.24) is 15.1 Å².